The van der Waals surface area contributed by atoms with Crippen molar-refractivity contribution in [2.24, 2.45) is 5.92 Å². The van der Waals surface area contributed by atoms with Gasteiger partial charge in [-0.15, -0.1) is 12.4 Å². The zero-order chi connectivity index (χ0) is 14.7. The highest BCUT2D eigenvalue weighted by Gasteiger charge is 2.38. The number of hydrogen-bond acceptors (Lipinski definition) is 3. The lowest BCUT2D eigenvalue weighted by Gasteiger charge is -2.28. The molecule has 2 aliphatic heterocycles. The molecule has 1 N–H and O–H groups in total. The molecule has 0 aromatic carbocycles. The minimum absolute atomic E-state index is 0. The summed E-state index contributed by atoms with van der Waals surface area (Å²) in [7, 11) is 1.88. The van der Waals surface area contributed by atoms with Crippen LogP contribution < -0.4 is 5.32 Å². The van der Waals surface area contributed by atoms with Crippen LogP contribution in [-0.4, -0.2) is 60.4 Å². The molecule has 0 aromatic heterocycles. The number of halogens is 1. The zero-order valence-electron chi connectivity index (χ0n) is 13.3. The van der Waals surface area contributed by atoms with Crippen molar-refractivity contribution in [1.29, 1.82) is 0 Å². The van der Waals surface area contributed by atoms with E-state index >= 15 is 0 Å². The molecule has 0 bridgehead atoms. The minimum Gasteiger partial charge on any atom is -0.341 e. The van der Waals surface area contributed by atoms with Crippen molar-refractivity contribution in [1.82, 2.24) is 15.1 Å². The molecule has 0 saturated carbocycles. The molecular formula is C15H28ClN3O2. The van der Waals surface area contributed by atoms with Gasteiger partial charge in [-0.2, -0.15) is 0 Å². The first-order valence-electron chi connectivity index (χ1n) is 7.81. The first kappa shape index (κ1) is 18.2. The average Bonchev–Trinajstić information content (AvgIpc) is 3.06. The summed E-state index contributed by atoms with van der Waals surface area (Å²) in [5.74, 6) is 0.132. The van der Waals surface area contributed by atoms with Gasteiger partial charge in [0.05, 0.1) is 5.92 Å². The number of carbonyl (C=O) groups is 2. The van der Waals surface area contributed by atoms with Gasteiger partial charge in [0.15, 0.2) is 0 Å². The molecule has 0 aromatic rings. The van der Waals surface area contributed by atoms with Crippen molar-refractivity contribution in [2.75, 3.05) is 26.7 Å². The maximum atomic E-state index is 12.5. The van der Waals surface area contributed by atoms with Gasteiger partial charge >= 0.3 is 0 Å². The van der Waals surface area contributed by atoms with Crippen molar-refractivity contribution in [3.05, 3.63) is 0 Å². The fourth-order valence-corrected chi connectivity index (χ4v) is 3.33. The van der Waals surface area contributed by atoms with Gasteiger partial charge < -0.3 is 15.1 Å². The van der Waals surface area contributed by atoms with Crippen LogP contribution in [0.3, 0.4) is 0 Å². The van der Waals surface area contributed by atoms with Crippen LogP contribution in [0.2, 0.25) is 0 Å². The highest BCUT2D eigenvalue weighted by atomic mass is 35.5. The Kier molecular flexibility index (Phi) is 6.94. The van der Waals surface area contributed by atoms with E-state index in [1.165, 1.54) is 0 Å². The number of nitrogens with zero attached hydrogens (tertiary/aromatic N) is 2. The highest BCUT2D eigenvalue weighted by molar-refractivity contribution is 5.89. The van der Waals surface area contributed by atoms with E-state index in [9.17, 15) is 9.59 Å². The second-order valence-corrected chi connectivity index (χ2v) is 6.18. The van der Waals surface area contributed by atoms with Gasteiger partial charge in [-0.1, -0.05) is 13.3 Å². The van der Waals surface area contributed by atoms with Gasteiger partial charge in [0.1, 0.15) is 0 Å². The third-order valence-electron chi connectivity index (χ3n) is 4.68. The van der Waals surface area contributed by atoms with Crippen LogP contribution in [0.1, 0.15) is 39.5 Å². The smallest absolute Gasteiger partial charge is 0.228 e. The van der Waals surface area contributed by atoms with Crippen LogP contribution in [0.4, 0.5) is 0 Å². The van der Waals surface area contributed by atoms with Crippen LogP contribution in [0, 0.1) is 5.92 Å². The molecule has 2 amide bonds. The fourth-order valence-electron chi connectivity index (χ4n) is 3.33. The SMILES string of the molecule is CCCC(C)N1CC(C(=O)N(C)C2CCNC2)CC1=O.Cl. The second kappa shape index (κ2) is 7.99. The number of likely N-dealkylation sites (N-methyl/N-ethyl adjacent to an activating group) is 1. The zero-order valence-corrected chi connectivity index (χ0v) is 14.1. The van der Waals surface area contributed by atoms with Crippen LogP contribution >= 0.6 is 12.4 Å². The van der Waals surface area contributed by atoms with Crippen LogP contribution in [0.5, 0.6) is 0 Å². The Morgan fingerprint density at radius 1 is 1.52 bits per heavy atom. The van der Waals surface area contributed by atoms with Crippen molar-refractivity contribution >= 4 is 24.2 Å². The van der Waals surface area contributed by atoms with E-state index in [1.54, 1.807) is 0 Å². The maximum Gasteiger partial charge on any atom is 0.228 e. The van der Waals surface area contributed by atoms with E-state index in [2.05, 4.69) is 19.2 Å². The predicted molar refractivity (Wildman–Crippen MR) is 85.5 cm³/mol. The molecular weight excluding hydrogens is 290 g/mol. The number of carbonyl (C=O) groups excluding carboxylic acids is 2. The molecule has 2 heterocycles. The normalized spacial score (nSPS) is 26.6. The largest absolute Gasteiger partial charge is 0.341 e. The molecule has 0 radical (unpaired) electrons. The molecule has 2 rings (SSSR count). The monoisotopic (exact) mass is 317 g/mol. The first-order chi connectivity index (χ1) is 9.54. The molecule has 3 unspecified atom stereocenters. The van der Waals surface area contributed by atoms with Crippen molar-refractivity contribution < 1.29 is 9.59 Å². The summed E-state index contributed by atoms with van der Waals surface area (Å²) < 4.78 is 0. The van der Waals surface area contributed by atoms with Gasteiger partial charge in [-0.25, -0.2) is 0 Å². The Bertz CT molecular complexity index is 372. The topological polar surface area (TPSA) is 52.7 Å². The number of likely N-dealkylation sites (tertiary alicyclic amines) is 1. The summed E-state index contributed by atoms with van der Waals surface area (Å²) in [6.07, 6.45) is 3.47. The quantitative estimate of drug-likeness (QED) is 0.830. The standard InChI is InChI=1S/C15H27N3O2.ClH/c1-4-5-11(2)18-10-12(8-14(18)19)15(20)17(3)13-6-7-16-9-13;/h11-13,16H,4-10H2,1-3H3;1H. The summed E-state index contributed by atoms with van der Waals surface area (Å²) in [6, 6.07) is 0.545. The third-order valence-corrected chi connectivity index (χ3v) is 4.68. The molecule has 5 nitrogen and oxygen atoms in total. The highest BCUT2D eigenvalue weighted by Crippen LogP contribution is 2.24. The summed E-state index contributed by atoms with van der Waals surface area (Å²) in [6.45, 7) is 6.66. The molecule has 2 fully saturated rings. The maximum absolute atomic E-state index is 12.5. The Hall–Kier alpha value is -0.810. The molecule has 2 aliphatic rings. The van der Waals surface area contributed by atoms with Crippen molar-refractivity contribution in [3.63, 3.8) is 0 Å². The molecule has 6 heteroatoms. The molecule has 0 spiro atoms. The third kappa shape index (κ3) is 4.10. The van der Waals surface area contributed by atoms with Gasteiger partial charge in [0.2, 0.25) is 11.8 Å². The molecule has 21 heavy (non-hydrogen) atoms. The lowest BCUT2D eigenvalue weighted by Crippen LogP contribution is -2.43. The van der Waals surface area contributed by atoms with Gasteiger partial charge in [-0.3, -0.25) is 9.59 Å². The Morgan fingerprint density at radius 2 is 2.24 bits per heavy atom. The van der Waals surface area contributed by atoms with Crippen LogP contribution in [-0.2, 0) is 9.59 Å². The Balaban J connectivity index is 0.00000220. The van der Waals surface area contributed by atoms with E-state index < -0.39 is 0 Å². The van der Waals surface area contributed by atoms with Gasteiger partial charge in [0, 0.05) is 38.6 Å². The van der Waals surface area contributed by atoms with E-state index in [0.29, 0.717) is 19.0 Å². The minimum atomic E-state index is -0.146. The summed E-state index contributed by atoms with van der Waals surface area (Å²) in [4.78, 5) is 28.4. The van der Waals surface area contributed by atoms with Gasteiger partial charge in [-0.05, 0) is 26.3 Å². The van der Waals surface area contributed by atoms with Gasteiger partial charge in [0.25, 0.3) is 0 Å². The van der Waals surface area contributed by atoms with Crippen molar-refractivity contribution in [2.45, 2.75) is 51.6 Å². The summed E-state index contributed by atoms with van der Waals surface area (Å²) in [5.41, 5.74) is 0. The van der Waals surface area contributed by atoms with Crippen LogP contribution in [0.25, 0.3) is 0 Å². The Labute approximate surface area is 133 Å². The number of amides is 2. The summed E-state index contributed by atoms with van der Waals surface area (Å²) in [5, 5.41) is 3.28. The lowest BCUT2D eigenvalue weighted by molar-refractivity contribution is -0.136. The molecule has 3 atom stereocenters. The molecule has 0 aliphatic carbocycles. The van der Waals surface area contributed by atoms with E-state index in [4.69, 9.17) is 0 Å². The van der Waals surface area contributed by atoms with Crippen LogP contribution in [0.15, 0.2) is 0 Å². The van der Waals surface area contributed by atoms with Crippen molar-refractivity contribution in [3.8, 4) is 0 Å². The van der Waals surface area contributed by atoms with E-state index in [0.717, 1.165) is 32.4 Å². The lowest BCUT2D eigenvalue weighted by atomic mass is 10.1. The number of rotatable bonds is 5. The van der Waals surface area contributed by atoms with E-state index in [-0.39, 0.29) is 36.2 Å². The molecule has 122 valence electrons. The fraction of sp³-hybridized carbons (Fsp3) is 0.867. The van der Waals surface area contributed by atoms with E-state index in [1.807, 2.05) is 16.8 Å². The molecule has 2 saturated heterocycles. The second-order valence-electron chi connectivity index (χ2n) is 6.18. The number of hydrogen-bond donors (Lipinski definition) is 1. The first-order valence-corrected chi connectivity index (χ1v) is 7.81. The number of nitrogens with one attached hydrogen (secondary N) is 1. The predicted octanol–water partition coefficient (Wildman–Crippen LogP) is 1.27. The summed E-state index contributed by atoms with van der Waals surface area (Å²) >= 11 is 0. The Morgan fingerprint density at radius 3 is 2.81 bits per heavy atom. The average molecular weight is 318 g/mol.